The van der Waals surface area contributed by atoms with E-state index >= 15 is 0 Å². The number of rotatable bonds is 5. The van der Waals surface area contributed by atoms with Crippen molar-refractivity contribution in [2.45, 2.75) is 30.6 Å². The van der Waals surface area contributed by atoms with Gasteiger partial charge in [0.15, 0.2) is 0 Å². The number of piperazine rings is 1. The number of thioether (sulfide) groups is 1. The number of benzene rings is 2. The standard InChI is InChI=1S/C25H29F3N4O2S/c1-17-4-3-5-19(16-17)23-32(22(33)18(2)35-23)15-12-30-10-13-31(14-11-30)24(34)29-21-8-6-20(7-9-21)25(26,27)28/h3-9,16,18,23H,10-15H2,1-2H3,(H,29,34). The first-order valence-electron chi connectivity index (χ1n) is 11.6. The van der Waals surface area contributed by atoms with Crippen molar-refractivity contribution in [1.82, 2.24) is 14.7 Å². The molecule has 2 atom stereocenters. The molecular weight excluding hydrogens is 477 g/mol. The van der Waals surface area contributed by atoms with Gasteiger partial charge in [-0.2, -0.15) is 13.2 Å². The summed E-state index contributed by atoms with van der Waals surface area (Å²) in [5.74, 6) is 0.149. The number of carbonyl (C=O) groups is 2. The molecule has 188 valence electrons. The Morgan fingerprint density at radius 3 is 2.37 bits per heavy atom. The fourth-order valence-corrected chi connectivity index (χ4v) is 5.65. The molecule has 2 saturated heterocycles. The lowest BCUT2D eigenvalue weighted by Gasteiger charge is -2.36. The van der Waals surface area contributed by atoms with Crippen molar-refractivity contribution in [2.24, 2.45) is 0 Å². The van der Waals surface area contributed by atoms with Crippen molar-refractivity contribution in [3.05, 3.63) is 65.2 Å². The second-order valence-corrected chi connectivity index (χ2v) is 10.3. The van der Waals surface area contributed by atoms with Gasteiger partial charge in [0.25, 0.3) is 0 Å². The van der Waals surface area contributed by atoms with Crippen molar-refractivity contribution < 1.29 is 22.8 Å². The lowest BCUT2D eigenvalue weighted by Crippen LogP contribution is -2.51. The molecule has 2 aliphatic heterocycles. The van der Waals surface area contributed by atoms with Crippen LogP contribution < -0.4 is 5.32 Å². The molecule has 2 heterocycles. The molecule has 2 aromatic carbocycles. The van der Waals surface area contributed by atoms with Gasteiger partial charge < -0.3 is 15.1 Å². The third kappa shape index (κ3) is 6.10. The topological polar surface area (TPSA) is 55.9 Å². The number of alkyl halides is 3. The summed E-state index contributed by atoms with van der Waals surface area (Å²) in [6, 6.07) is 12.4. The van der Waals surface area contributed by atoms with Gasteiger partial charge in [-0.1, -0.05) is 29.8 Å². The van der Waals surface area contributed by atoms with E-state index in [0.29, 0.717) is 38.4 Å². The van der Waals surface area contributed by atoms with E-state index < -0.39 is 11.7 Å². The molecule has 2 aromatic rings. The first-order chi connectivity index (χ1) is 16.6. The van der Waals surface area contributed by atoms with Crippen LogP contribution in [0.25, 0.3) is 0 Å². The van der Waals surface area contributed by atoms with E-state index in [1.807, 2.05) is 30.9 Å². The van der Waals surface area contributed by atoms with Gasteiger partial charge in [0.2, 0.25) is 5.91 Å². The predicted octanol–water partition coefficient (Wildman–Crippen LogP) is 4.83. The first kappa shape index (κ1) is 25.4. The fraction of sp³-hybridized carbons (Fsp3) is 0.440. The Morgan fingerprint density at radius 2 is 1.74 bits per heavy atom. The van der Waals surface area contributed by atoms with Crippen LogP contribution in [-0.4, -0.2) is 71.2 Å². The largest absolute Gasteiger partial charge is 0.416 e. The van der Waals surface area contributed by atoms with Crippen LogP contribution in [0.2, 0.25) is 0 Å². The minimum atomic E-state index is -4.41. The maximum absolute atomic E-state index is 12.8. The average Bonchev–Trinajstić information content (AvgIpc) is 3.11. The zero-order chi connectivity index (χ0) is 25.2. The van der Waals surface area contributed by atoms with Crippen molar-refractivity contribution in [3.63, 3.8) is 0 Å². The summed E-state index contributed by atoms with van der Waals surface area (Å²) in [5, 5.41) is 2.60. The third-order valence-electron chi connectivity index (χ3n) is 6.35. The molecule has 3 amide bonds. The van der Waals surface area contributed by atoms with E-state index in [1.165, 1.54) is 17.7 Å². The fourth-order valence-electron chi connectivity index (χ4n) is 4.35. The Kier molecular flexibility index (Phi) is 7.61. The van der Waals surface area contributed by atoms with E-state index in [0.717, 1.165) is 24.2 Å². The van der Waals surface area contributed by atoms with E-state index in [4.69, 9.17) is 0 Å². The third-order valence-corrected chi connectivity index (χ3v) is 7.75. The lowest BCUT2D eigenvalue weighted by molar-refractivity contribution is -0.137. The van der Waals surface area contributed by atoms with Gasteiger partial charge in [-0.3, -0.25) is 9.69 Å². The highest BCUT2D eigenvalue weighted by atomic mass is 32.2. The van der Waals surface area contributed by atoms with Crippen LogP contribution in [0.1, 0.15) is 29.0 Å². The van der Waals surface area contributed by atoms with E-state index in [1.54, 1.807) is 16.7 Å². The van der Waals surface area contributed by atoms with Gasteiger partial charge in [-0.25, -0.2) is 4.79 Å². The van der Waals surface area contributed by atoms with Crippen LogP contribution in [0, 0.1) is 6.92 Å². The Labute approximate surface area is 207 Å². The molecule has 10 heteroatoms. The minimum Gasteiger partial charge on any atom is -0.324 e. The van der Waals surface area contributed by atoms with Crippen molar-refractivity contribution in [1.29, 1.82) is 0 Å². The zero-order valence-corrected chi connectivity index (χ0v) is 20.5. The number of aryl methyl sites for hydroxylation is 1. The van der Waals surface area contributed by atoms with Crippen LogP contribution in [-0.2, 0) is 11.0 Å². The molecule has 6 nitrogen and oxygen atoms in total. The Hall–Kier alpha value is -2.72. The molecule has 0 radical (unpaired) electrons. The van der Waals surface area contributed by atoms with Crippen molar-refractivity contribution in [3.8, 4) is 0 Å². The summed E-state index contributed by atoms with van der Waals surface area (Å²) in [4.78, 5) is 31.2. The van der Waals surface area contributed by atoms with Crippen LogP contribution in [0.5, 0.6) is 0 Å². The quantitative estimate of drug-likeness (QED) is 0.632. The Balaban J connectivity index is 1.27. The Morgan fingerprint density at radius 1 is 1.06 bits per heavy atom. The highest BCUT2D eigenvalue weighted by Crippen LogP contribution is 2.42. The Bertz CT molecular complexity index is 1060. The van der Waals surface area contributed by atoms with Gasteiger partial charge in [-0.05, 0) is 43.7 Å². The minimum absolute atomic E-state index is 0.00759. The number of nitrogens with one attached hydrogen (secondary N) is 1. The van der Waals surface area contributed by atoms with Gasteiger partial charge >= 0.3 is 12.2 Å². The van der Waals surface area contributed by atoms with Gasteiger partial charge in [0.1, 0.15) is 5.37 Å². The number of hydrogen-bond donors (Lipinski definition) is 1. The van der Waals surface area contributed by atoms with E-state index in [2.05, 4.69) is 22.3 Å². The SMILES string of the molecule is Cc1cccc(C2SC(C)C(=O)N2CCN2CCN(C(=O)Nc3ccc(C(F)(F)F)cc3)CC2)c1. The maximum atomic E-state index is 12.8. The predicted molar refractivity (Wildman–Crippen MR) is 131 cm³/mol. The number of hydrogen-bond acceptors (Lipinski definition) is 4. The second-order valence-electron chi connectivity index (χ2n) is 8.91. The van der Waals surface area contributed by atoms with Crippen LogP contribution in [0.3, 0.4) is 0 Å². The van der Waals surface area contributed by atoms with Gasteiger partial charge in [-0.15, -0.1) is 11.8 Å². The summed E-state index contributed by atoms with van der Waals surface area (Å²) >= 11 is 1.67. The van der Waals surface area contributed by atoms with Crippen molar-refractivity contribution >= 4 is 29.4 Å². The van der Waals surface area contributed by atoms with Crippen LogP contribution in [0.15, 0.2) is 48.5 Å². The molecule has 1 N–H and O–H groups in total. The number of anilines is 1. The monoisotopic (exact) mass is 506 g/mol. The summed E-state index contributed by atoms with van der Waals surface area (Å²) in [6.07, 6.45) is -4.41. The molecule has 35 heavy (non-hydrogen) atoms. The molecule has 2 fully saturated rings. The summed E-state index contributed by atoms with van der Waals surface area (Å²) in [6.45, 7) is 7.68. The highest BCUT2D eigenvalue weighted by Gasteiger charge is 2.38. The lowest BCUT2D eigenvalue weighted by atomic mass is 10.1. The molecule has 0 spiro atoms. The normalized spacial score (nSPS) is 21.5. The second kappa shape index (κ2) is 10.5. The highest BCUT2D eigenvalue weighted by molar-refractivity contribution is 8.01. The number of amides is 3. The smallest absolute Gasteiger partial charge is 0.324 e. The number of carbonyl (C=O) groups excluding carboxylic acids is 2. The molecule has 0 bridgehead atoms. The molecular formula is C25H29F3N4O2S. The molecule has 2 aliphatic rings. The number of halogens is 3. The summed E-state index contributed by atoms with van der Waals surface area (Å²) in [5.41, 5.74) is 1.88. The van der Waals surface area contributed by atoms with Gasteiger partial charge in [0, 0.05) is 45.0 Å². The van der Waals surface area contributed by atoms with E-state index in [-0.39, 0.29) is 22.6 Å². The summed E-state index contributed by atoms with van der Waals surface area (Å²) in [7, 11) is 0. The number of urea groups is 1. The average molecular weight is 507 g/mol. The molecule has 4 rings (SSSR count). The van der Waals surface area contributed by atoms with Crippen LogP contribution >= 0.6 is 11.8 Å². The first-order valence-corrected chi connectivity index (χ1v) is 12.5. The molecule has 0 aliphatic carbocycles. The van der Waals surface area contributed by atoms with E-state index in [9.17, 15) is 22.8 Å². The molecule has 2 unspecified atom stereocenters. The summed E-state index contributed by atoms with van der Waals surface area (Å²) < 4.78 is 38.1. The number of nitrogens with zero attached hydrogens (tertiary/aromatic N) is 3. The maximum Gasteiger partial charge on any atom is 0.416 e. The van der Waals surface area contributed by atoms with Crippen LogP contribution in [0.4, 0.5) is 23.7 Å². The molecule has 0 saturated carbocycles. The zero-order valence-electron chi connectivity index (χ0n) is 19.7. The van der Waals surface area contributed by atoms with Crippen molar-refractivity contribution in [2.75, 3.05) is 44.6 Å². The van der Waals surface area contributed by atoms with Gasteiger partial charge in [0.05, 0.1) is 10.8 Å². The molecule has 0 aromatic heterocycles.